The van der Waals surface area contributed by atoms with E-state index in [2.05, 4.69) is 0 Å². The Bertz CT molecular complexity index is 1400. The molecule has 10 heteroatoms. The van der Waals surface area contributed by atoms with Crippen LogP contribution in [0.1, 0.15) is 88.4 Å². The van der Waals surface area contributed by atoms with Crippen LogP contribution in [0.4, 0.5) is 13.2 Å². The van der Waals surface area contributed by atoms with Crippen LogP contribution in [-0.4, -0.2) is 39.6 Å². The van der Waals surface area contributed by atoms with E-state index in [0.29, 0.717) is 25.7 Å². The number of allylic oxidation sites excluding steroid dienone is 3. The Balaban J connectivity index is 1.39. The average molecular weight is 640 g/mol. The van der Waals surface area contributed by atoms with Gasteiger partial charge in [-0.15, -0.1) is 0 Å². The standard InChI is InChI=1S/C33H36Cl2F3NO4/c1-18(33(36,37)38)22(16-39-17-25(39)19-11-13-32(2,14-12-19)31(42)43)30(41)28-21(27(28)20-7-4-3-5-8-20)15-26(40)29-23(34)9-6-10-24(29)35/h6,9-10,16-17,19-21,27-28H,3-5,7-8,11-15H2,1-2H3/p+1. The minimum absolute atomic E-state index is 0.00297. The van der Waals surface area contributed by atoms with Gasteiger partial charge in [0, 0.05) is 17.9 Å². The molecule has 3 saturated carbocycles. The molecule has 1 aromatic carbocycles. The van der Waals surface area contributed by atoms with Crippen molar-refractivity contribution in [2.45, 2.75) is 84.2 Å². The second kappa shape index (κ2) is 12.2. The van der Waals surface area contributed by atoms with Crippen LogP contribution in [0.2, 0.25) is 10.0 Å². The maximum Gasteiger partial charge on any atom is 0.413 e. The molecule has 1 heterocycles. The van der Waals surface area contributed by atoms with E-state index in [1.807, 2.05) is 0 Å². The van der Waals surface area contributed by atoms with Crippen LogP contribution in [-0.2, 0) is 9.59 Å². The quantitative estimate of drug-likeness (QED) is 0.167. The van der Waals surface area contributed by atoms with Crippen LogP contribution in [0.5, 0.6) is 0 Å². The molecule has 3 atom stereocenters. The fourth-order valence-corrected chi connectivity index (χ4v) is 8.01. The third kappa shape index (κ3) is 6.65. The second-order valence-corrected chi connectivity index (χ2v) is 13.8. The lowest BCUT2D eigenvalue weighted by molar-refractivity contribution is -0.311. The van der Waals surface area contributed by atoms with Gasteiger partial charge in [0.05, 0.1) is 32.5 Å². The monoisotopic (exact) mass is 638 g/mol. The molecule has 3 unspecified atom stereocenters. The number of carbonyl (C=O) groups is 3. The molecular weight excluding hydrogens is 602 g/mol. The summed E-state index contributed by atoms with van der Waals surface area (Å²) in [6.45, 7) is 2.66. The predicted octanol–water partition coefficient (Wildman–Crippen LogP) is 8.68. The number of rotatable bonds is 9. The Hall–Kier alpha value is -2.45. The molecule has 232 valence electrons. The summed E-state index contributed by atoms with van der Waals surface area (Å²) in [6, 6.07) is 4.77. The molecular formula is C33H37Cl2F3NO4+. The van der Waals surface area contributed by atoms with Gasteiger partial charge < -0.3 is 5.11 Å². The highest BCUT2D eigenvalue weighted by atomic mass is 35.5. The molecule has 5 nitrogen and oxygen atoms in total. The number of carbonyl (C=O) groups excluding carboxylic acids is 2. The summed E-state index contributed by atoms with van der Waals surface area (Å²) >= 11 is 12.6. The van der Waals surface area contributed by atoms with Gasteiger partial charge in [0.2, 0.25) is 6.20 Å². The van der Waals surface area contributed by atoms with Crippen LogP contribution < -0.4 is 0 Å². The van der Waals surface area contributed by atoms with E-state index >= 15 is 0 Å². The topological polar surface area (TPSA) is 74.5 Å². The molecule has 3 fully saturated rings. The van der Waals surface area contributed by atoms with E-state index in [9.17, 15) is 32.7 Å². The Kier molecular flexibility index (Phi) is 9.03. The molecule has 43 heavy (non-hydrogen) atoms. The number of carboxylic acids is 1. The van der Waals surface area contributed by atoms with Crippen molar-refractivity contribution in [1.82, 2.24) is 0 Å². The molecule has 1 aliphatic heterocycles. The minimum Gasteiger partial charge on any atom is -0.481 e. The van der Waals surface area contributed by atoms with Crippen molar-refractivity contribution in [2.75, 3.05) is 0 Å². The highest BCUT2D eigenvalue weighted by Crippen LogP contribution is 2.58. The normalized spacial score (nSPS) is 30.9. The lowest BCUT2D eigenvalue weighted by Crippen LogP contribution is -2.32. The first kappa shape index (κ1) is 32.0. The van der Waals surface area contributed by atoms with Crippen molar-refractivity contribution < 1.29 is 37.2 Å². The lowest BCUT2D eigenvalue weighted by Gasteiger charge is -2.31. The van der Waals surface area contributed by atoms with Crippen LogP contribution in [0.3, 0.4) is 0 Å². The fraction of sp³-hybridized carbons (Fsp3) is 0.576. The largest absolute Gasteiger partial charge is 0.481 e. The number of hydrogen-bond acceptors (Lipinski definition) is 3. The Morgan fingerprint density at radius 1 is 1.05 bits per heavy atom. The maximum atomic E-state index is 14.1. The average Bonchev–Trinajstić information content (AvgIpc) is 3.87. The van der Waals surface area contributed by atoms with Gasteiger partial charge in [-0.2, -0.15) is 17.7 Å². The van der Waals surface area contributed by atoms with Gasteiger partial charge >= 0.3 is 12.1 Å². The van der Waals surface area contributed by atoms with Gasteiger partial charge in [-0.25, -0.2) is 0 Å². The third-order valence-corrected chi connectivity index (χ3v) is 10.9. The first-order chi connectivity index (χ1) is 20.2. The van der Waals surface area contributed by atoms with Crippen LogP contribution in [0.15, 0.2) is 41.2 Å². The molecule has 3 aliphatic carbocycles. The fourth-order valence-electron chi connectivity index (χ4n) is 7.40. The molecule has 4 aliphatic rings. The summed E-state index contributed by atoms with van der Waals surface area (Å²) in [5, 5.41) is 9.96. The van der Waals surface area contributed by atoms with E-state index in [0.717, 1.165) is 44.7 Å². The summed E-state index contributed by atoms with van der Waals surface area (Å²) < 4.78 is 43.9. The molecule has 5 rings (SSSR count). The lowest BCUT2D eigenvalue weighted by atomic mass is 9.71. The van der Waals surface area contributed by atoms with Gasteiger partial charge in [-0.1, -0.05) is 61.4 Å². The number of nitrogens with zero attached hydrogens (tertiary/aromatic N) is 1. The van der Waals surface area contributed by atoms with Crippen molar-refractivity contribution in [3.05, 3.63) is 56.9 Å². The third-order valence-electron chi connectivity index (χ3n) is 10.3. The molecule has 0 bridgehead atoms. The van der Waals surface area contributed by atoms with Crippen molar-refractivity contribution in [2.24, 2.45) is 35.0 Å². The number of alkyl halides is 3. The van der Waals surface area contributed by atoms with E-state index in [4.69, 9.17) is 23.2 Å². The SMILES string of the molecule is CC(=C(C=[N+]1C=C1C1CCC(C)(C(=O)O)CC1)C(=O)C1C(CC(=O)c2c(Cl)cccc2Cl)C1C1CCCCC1)C(F)(F)F. The minimum atomic E-state index is -4.70. The van der Waals surface area contributed by atoms with E-state index in [1.54, 1.807) is 35.9 Å². The van der Waals surface area contributed by atoms with Crippen molar-refractivity contribution in [1.29, 1.82) is 0 Å². The first-order valence-corrected chi connectivity index (χ1v) is 15.9. The summed E-state index contributed by atoms with van der Waals surface area (Å²) in [7, 11) is 0. The summed E-state index contributed by atoms with van der Waals surface area (Å²) in [4.78, 5) is 39.0. The molecule has 0 aromatic heterocycles. The number of carboxylic acid groups (broad SMARTS) is 1. The van der Waals surface area contributed by atoms with E-state index < -0.39 is 34.8 Å². The van der Waals surface area contributed by atoms with Gasteiger partial charge in [0.1, 0.15) is 0 Å². The predicted molar refractivity (Wildman–Crippen MR) is 158 cm³/mol. The van der Waals surface area contributed by atoms with Crippen LogP contribution in [0.25, 0.3) is 0 Å². The number of aliphatic carboxylic acids is 1. The number of hydrogen-bond donors (Lipinski definition) is 1. The molecule has 1 N–H and O–H groups in total. The van der Waals surface area contributed by atoms with Crippen LogP contribution in [0, 0.1) is 35.0 Å². The molecule has 0 spiro atoms. The zero-order valence-electron chi connectivity index (χ0n) is 24.4. The van der Waals surface area contributed by atoms with Gasteiger partial charge in [0.25, 0.3) is 5.70 Å². The van der Waals surface area contributed by atoms with Gasteiger partial charge in [-0.3, -0.25) is 14.4 Å². The molecule has 0 saturated heterocycles. The highest BCUT2D eigenvalue weighted by molar-refractivity contribution is 6.39. The number of benzene rings is 1. The molecule has 0 radical (unpaired) electrons. The Labute approximate surface area is 259 Å². The number of halogens is 5. The molecule has 0 amide bonds. The van der Waals surface area contributed by atoms with Gasteiger partial charge in [-0.05, 0) is 69.4 Å². The smallest absolute Gasteiger partial charge is 0.413 e. The number of ketones is 2. The van der Waals surface area contributed by atoms with Crippen molar-refractivity contribution in [3.8, 4) is 0 Å². The maximum absolute atomic E-state index is 14.1. The first-order valence-electron chi connectivity index (χ1n) is 15.1. The van der Waals surface area contributed by atoms with Crippen molar-refractivity contribution >= 4 is 47.0 Å². The van der Waals surface area contributed by atoms with Crippen LogP contribution >= 0.6 is 23.2 Å². The zero-order chi connectivity index (χ0) is 31.3. The Morgan fingerprint density at radius 2 is 1.65 bits per heavy atom. The highest BCUT2D eigenvalue weighted by Gasteiger charge is 2.59. The number of Topliss-reactive ketones (excluding diaryl/α,β-unsaturated/α-hetero) is 2. The zero-order valence-corrected chi connectivity index (χ0v) is 25.9. The van der Waals surface area contributed by atoms with Gasteiger partial charge in [0.15, 0.2) is 17.8 Å². The molecule has 1 aromatic rings. The Morgan fingerprint density at radius 3 is 2.21 bits per heavy atom. The van der Waals surface area contributed by atoms with E-state index in [-0.39, 0.29) is 57.1 Å². The summed E-state index contributed by atoms with van der Waals surface area (Å²) in [6.07, 6.45) is 5.40. The summed E-state index contributed by atoms with van der Waals surface area (Å²) in [5.74, 6) is -2.74. The summed E-state index contributed by atoms with van der Waals surface area (Å²) in [5.41, 5.74) is -1.11. The second-order valence-electron chi connectivity index (χ2n) is 13.0. The van der Waals surface area contributed by atoms with Crippen molar-refractivity contribution in [3.63, 3.8) is 0 Å². The van der Waals surface area contributed by atoms with E-state index in [1.165, 1.54) is 6.21 Å².